The van der Waals surface area contributed by atoms with Gasteiger partial charge in [-0.1, -0.05) is 54.6 Å². The van der Waals surface area contributed by atoms with Crippen LogP contribution < -0.4 is 10.3 Å². The first-order valence-electron chi connectivity index (χ1n) is 15.7. The highest BCUT2D eigenvalue weighted by Gasteiger charge is 2.25. The molecule has 12 heteroatoms. The van der Waals surface area contributed by atoms with Crippen molar-refractivity contribution in [2.24, 2.45) is 7.05 Å². The number of aryl methyl sites for hydroxylation is 3. The second-order valence-corrected chi connectivity index (χ2v) is 13.9. The van der Waals surface area contributed by atoms with Gasteiger partial charge in [-0.15, -0.1) is 5.10 Å². The number of carbonyl (C=O) groups is 1. The zero-order chi connectivity index (χ0) is 34.6. The van der Waals surface area contributed by atoms with E-state index in [9.17, 15) is 18.9 Å². The lowest BCUT2D eigenvalue weighted by atomic mass is 9.84. The summed E-state index contributed by atoms with van der Waals surface area (Å²) in [5.74, 6) is 2.66. The van der Waals surface area contributed by atoms with Crippen LogP contribution in [0.4, 0.5) is 0 Å². The number of carboxylic acid groups (broad SMARTS) is 1. The van der Waals surface area contributed by atoms with Crippen LogP contribution in [-0.4, -0.2) is 63.2 Å². The van der Waals surface area contributed by atoms with Crippen LogP contribution in [0.15, 0.2) is 82.5 Å². The van der Waals surface area contributed by atoms with E-state index in [-0.39, 0.29) is 24.0 Å². The van der Waals surface area contributed by atoms with Gasteiger partial charge in [-0.05, 0) is 78.2 Å². The second-order valence-electron chi connectivity index (χ2n) is 12.1. The van der Waals surface area contributed by atoms with Gasteiger partial charge in [0.05, 0.1) is 22.5 Å². The Morgan fingerprint density at radius 3 is 2.54 bits per heavy atom. The number of carboxylic acids is 1. The van der Waals surface area contributed by atoms with Gasteiger partial charge in [0.2, 0.25) is 5.56 Å². The van der Waals surface area contributed by atoms with Crippen LogP contribution in [0.2, 0.25) is 0 Å². The van der Waals surface area contributed by atoms with Gasteiger partial charge in [-0.3, -0.25) is 14.5 Å². The molecule has 1 unspecified atom stereocenters. The summed E-state index contributed by atoms with van der Waals surface area (Å²) in [5, 5.41) is 18.3. The van der Waals surface area contributed by atoms with Crippen LogP contribution in [0.1, 0.15) is 59.2 Å². The molecule has 2 aromatic heterocycles. The fraction of sp³-hybridized carbons (Fsp3) is 0.306. The van der Waals surface area contributed by atoms with Crippen molar-refractivity contribution >= 4 is 32.7 Å². The van der Waals surface area contributed by atoms with Crippen molar-refractivity contribution in [3.63, 3.8) is 0 Å². The number of hydrogen-bond acceptors (Lipinski definition) is 7. The molecule has 6 rings (SSSR count). The van der Waals surface area contributed by atoms with Gasteiger partial charge in [0.1, 0.15) is 27.2 Å². The molecule has 3 atom stereocenters. The molecule has 0 bridgehead atoms. The van der Waals surface area contributed by atoms with E-state index in [0.717, 1.165) is 63.3 Å². The first-order valence-corrected chi connectivity index (χ1v) is 17.4. The molecule has 0 saturated carbocycles. The number of hydrogen-bond donors (Lipinski definition) is 3. The van der Waals surface area contributed by atoms with Crippen molar-refractivity contribution in [2.75, 3.05) is 6.54 Å². The molecule has 11 nitrogen and oxygen atoms in total. The summed E-state index contributed by atoms with van der Waals surface area (Å²) < 4.78 is 27.6. The predicted molar refractivity (Wildman–Crippen MR) is 187 cm³/mol. The summed E-state index contributed by atoms with van der Waals surface area (Å²) in [7, 11) is -1.16. The Balaban J connectivity index is 0.000000387. The number of fused-ring (bicyclic) bond motifs is 2. The molecular formula is C36H41N5O6S. The summed E-state index contributed by atoms with van der Waals surface area (Å²) in [6, 6.07) is 21.8. The lowest BCUT2D eigenvalue weighted by molar-refractivity contribution is -0.137. The molecule has 3 N–H and O–H groups in total. The Hall–Kier alpha value is -4.78. The molecule has 0 fully saturated rings. The van der Waals surface area contributed by atoms with Crippen LogP contribution in [-0.2, 0) is 34.7 Å². The van der Waals surface area contributed by atoms with E-state index < -0.39 is 15.8 Å². The van der Waals surface area contributed by atoms with Crippen molar-refractivity contribution in [3.05, 3.63) is 117 Å². The monoisotopic (exact) mass is 671 g/mol. The van der Waals surface area contributed by atoms with E-state index >= 15 is 0 Å². The number of aliphatic carboxylic acids is 1. The number of aromatic nitrogens is 4. The fourth-order valence-corrected chi connectivity index (χ4v) is 6.60. The van der Waals surface area contributed by atoms with Crippen molar-refractivity contribution in [1.82, 2.24) is 24.9 Å². The molecule has 0 aliphatic carbocycles. The van der Waals surface area contributed by atoms with Gasteiger partial charge in [0, 0.05) is 38.7 Å². The summed E-state index contributed by atoms with van der Waals surface area (Å²) in [5.41, 5.74) is 7.41. The number of nitrogens with zero attached hydrogens (tertiary/aromatic N) is 4. The van der Waals surface area contributed by atoms with E-state index in [1.54, 1.807) is 41.1 Å². The van der Waals surface area contributed by atoms with Crippen LogP contribution in [0.25, 0.3) is 11.0 Å². The van der Waals surface area contributed by atoms with Crippen LogP contribution >= 0.6 is 0 Å². The molecule has 3 heterocycles. The van der Waals surface area contributed by atoms with Gasteiger partial charge in [0.25, 0.3) is 0 Å². The molecule has 0 saturated heterocycles. The number of ether oxygens (including phenoxy) is 1. The Labute approximate surface area is 280 Å². The van der Waals surface area contributed by atoms with Crippen molar-refractivity contribution in [1.29, 1.82) is 0 Å². The number of benzene rings is 3. The first-order chi connectivity index (χ1) is 22.8. The van der Waals surface area contributed by atoms with E-state index in [2.05, 4.69) is 52.0 Å². The minimum absolute atomic E-state index is 0.00626. The first kappa shape index (κ1) is 34.6. The van der Waals surface area contributed by atoms with Crippen LogP contribution in [0.5, 0.6) is 5.75 Å². The molecule has 0 radical (unpaired) electrons. The highest BCUT2D eigenvalue weighted by atomic mass is 32.2. The fourth-order valence-electron chi connectivity index (χ4n) is 6.02. The number of H-pyrrole nitrogens is 1. The largest absolute Gasteiger partial charge is 0.487 e. The average molecular weight is 672 g/mol. The number of nitrogens with one attached hydrogen (secondary N) is 1. The SMILES string of the molecule is C=S(=O)(O)c1ccccc1.CC[C@@H]1CN(Cc2cc([C@@H](CC(=O)O)c3ccc4c(nnn4C)c3C)ccc2C)Cc2[nH]c(=O)ccc2O1. The molecule has 3 aromatic carbocycles. The topological polar surface area (TPSA) is 151 Å². The van der Waals surface area contributed by atoms with Gasteiger partial charge >= 0.3 is 5.97 Å². The highest BCUT2D eigenvalue weighted by molar-refractivity contribution is 7.95. The van der Waals surface area contributed by atoms with E-state index in [1.807, 2.05) is 32.2 Å². The summed E-state index contributed by atoms with van der Waals surface area (Å²) in [4.78, 5) is 29.6. The molecule has 0 spiro atoms. The quantitative estimate of drug-likeness (QED) is 0.187. The number of pyridine rings is 1. The third-order valence-electron chi connectivity index (χ3n) is 8.66. The van der Waals surface area contributed by atoms with Crippen LogP contribution in [0, 0.1) is 13.8 Å². The van der Waals surface area contributed by atoms with Crippen LogP contribution in [0.3, 0.4) is 0 Å². The lowest BCUT2D eigenvalue weighted by Crippen LogP contribution is -2.32. The number of rotatable bonds is 8. The molecule has 5 aromatic rings. The minimum Gasteiger partial charge on any atom is -0.487 e. The summed E-state index contributed by atoms with van der Waals surface area (Å²) in [6.07, 6.45) is 0.824. The zero-order valence-corrected chi connectivity index (χ0v) is 28.4. The molecular weight excluding hydrogens is 630 g/mol. The highest BCUT2D eigenvalue weighted by Crippen LogP contribution is 2.35. The Morgan fingerprint density at radius 1 is 1.12 bits per heavy atom. The van der Waals surface area contributed by atoms with Crippen molar-refractivity contribution in [3.8, 4) is 5.75 Å². The summed E-state index contributed by atoms with van der Waals surface area (Å²) >= 11 is 0. The Morgan fingerprint density at radius 2 is 1.88 bits per heavy atom. The molecule has 0 amide bonds. The smallest absolute Gasteiger partial charge is 0.304 e. The van der Waals surface area contributed by atoms with E-state index in [0.29, 0.717) is 18.0 Å². The zero-order valence-electron chi connectivity index (χ0n) is 27.6. The Kier molecular flexibility index (Phi) is 10.5. The van der Waals surface area contributed by atoms with Gasteiger partial charge in [-0.25, -0.2) is 8.89 Å². The second kappa shape index (κ2) is 14.5. The Bertz CT molecular complexity index is 2090. The van der Waals surface area contributed by atoms with Crippen molar-refractivity contribution < 1.29 is 23.4 Å². The maximum atomic E-state index is 12.0. The molecule has 252 valence electrons. The average Bonchev–Trinajstić information content (AvgIpc) is 3.33. The van der Waals surface area contributed by atoms with Gasteiger partial charge < -0.3 is 19.4 Å². The van der Waals surface area contributed by atoms with Gasteiger partial charge in [0.15, 0.2) is 0 Å². The van der Waals surface area contributed by atoms with E-state index in [1.165, 1.54) is 6.07 Å². The molecule has 1 aliphatic rings. The van der Waals surface area contributed by atoms with Crippen molar-refractivity contribution in [2.45, 2.75) is 63.6 Å². The standard InChI is InChI=1S/C29H33N5O4.C7H8O2S/c1-5-21-15-34(16-24-26(38-21)10-11-27(35)30-24)14-20-12-19(7-6-17(20)2)23(13-28(36)37)22-8-9-25-29(18(22)3)31-32-33(25)4;1-10(8,9)7-5-3-2-4-6-7/h6-12,21,23H,5,13-16H2,1-4H3,(H,30,35)(H,36,37);2-6H,1H2,(H,8,9)/t21-,23-;/m1./s1. The number of aromatic amines is 1. The summed E-state index contributed by atoms with van der Waals surface area (Å²) in [6.45, 7) is 8.08. The maximum absolute atomic E-state index is 12.0. The third kappa shape index (κ3) is 8.01. The third-order valence-corrected chi connectivity index (χ3v) is 9.67. The minimum atomic E-state index is -3.00. The van der Waals surface area contributed by atoms with Gasteiger partial charge in [-0.2, -0.15) is 0 Å². The molecule has 1 aliphatic heterocycles. The lowest BCUT2D eigenvalue weighted by Gasteiger charge is -2.25. The van der Waals surface area contributed by atoms with E-state index in [4.69, 9.17) is 9.29 Å². The maximum Gasteiger partial charge on any atom is 0.304 e. The normalized spacial score (nSPS) is 16.5. The predicted octanol–water partition coefficient (Wildman–Crippen LogP) is 5.29. The molecule has 48 heavy (non-hydrogen) atoms.